The van der Waals surface area contributed by atoms with E-state index < -0.39 is 5.97 Å². The van der Waals surface area contributed by atoms with Crippen LogP contribution < -0.4 is 0 Å². The van der Waals surface area contributed by atoms with Gasteiger partial charge in [-0.3, -0.25) is 4.99 Å². The molecular weight excluding hydrogens is 396 g/mol. The topological polar surface area (TPSA) is 62.5 Å². The van der Waals surface area contributed by atoms with Gasteiger partial charge in [0.05, 0.1) is 22.5 Å². The molecule has 1 aromatic heterocycles. The number of nitrogens with zero attached hydrogens (tertiary/aromatic N) is 2. The first-order valence-electron chi connectivity index (χ1n) is 9.29. The number of aromatic nitrogens is 1. The fourth-order valence-corrected chi connectivity index (χ4v) is 3.20. The number of rotatable bonds is 5. The Bertz CT molecular complexity index is 1300. The number of hydrogen-bond acceptors (Lipinski definition) is 3. The Labute approximate surface area is 178 Å². The normalized spacial score (nSPS) is 11.5. The monoisotopic (exact) mass is 412 g/mol. The second kappa shape index (κ2) is 8.72. The molecule has 0 atom stereocenters. The number of carboxylic acid groups (broad SMARTS) is 1. The summed E-state index contributed by atoms with van der Waals surface area (Å²) in [5.74, 6) is -0.974. The lowest BCUT2D eigenvalue weighted by atomic mass is 10.1. The van der Waals surface area contributed by atoms with Crippen LogP contribution in [0, 0.1) is 0 Å². The number of pyridine rings is 1. The van der Waals surface area contributed by atoms with Crippen LogP contribution in [0.15, 0.2) is 83.9 Å². The fourth-order valence-electron chi connectivity index (χ4n) is 3.04. The zero-order chi connectivity index (χ0) is 20.9. The summed E-state index contributed by atoms with van der Waals surface area (Å²) in [6.45, 7) is 0. The van der Waals surface area contributed by atoms with Crippen LogP contribution in [0.25, 0.3) is 23.1 Å². The van der Waals surface area contributed by atoms with Crippen LogP contribution in [0.1, 0.15) is 27.2 Å². The van der Waals surface area contributed by atoms with Crippen molar-refractivity contribution in [2.24, 2.45) is 4.99 Å². The summed E-state index contributed by atoms with van der Waals surface area (Å²) in [7, 11) is 0. The van der Waals surface area contributed by atoms with E-state index in [1.165, 1.54) is 0 Å². The molecule has 0 amide bonds. The van der Waals surface area contributed by atoms with Gasteiger partial charge >= 0.3 is 5.97 Å². The molecule has 0 aliphatic heterocycles. The lowest BCUT2D eigenvalue weighted by Gasteiger charge is -2.01. The van der Waals surface area contributed by atoms with E-state index in [0.717, 1.165) is 27.8 Å². The first-order valence-corrected chi connectivity index (χ1v) is 9.67. The van der Waals surface area contributed by atoms with Crippen molar-refractivity contribution < 1.29 is 9.90 Å². The molecule has 5 heteroatoms. The predicted molar refractivity (Wildman–Crippen MR) is 123 cm³/mol. The Balaban J connectivity index is 1.56. The van der Waals surface area contributed by atoms with Crippen molar-refractivity contribution in [3.8, 4) is 0 Å². The number of carboxylic acids is 1. The highest BCUT2D eigenvalue weighted by Crippen LogP contribution is 2.20. The van der Waals surface area contributed by atoms with Crippen LogP contribution in [-0.4, -0.2) is 22.3 Å². The van der Waals surface area contributed by atoms with Gasteiger partial charge in [0.25, 0.3) is 0 Å². The molecule has 4 nitrogen and oxygen atoms in total. The molecule has 4 aromatic rings. The number of aromatic carboxylic acids is 1. The van der Waals surface area contributed by atoms with Crippen molar-refractivity contribution in [2.45, 2.75) is 0 Å². The van der Waals surface area contributed by atoms with Crippen molar-refractivity contribution in [1.29, 1.82) is 0 Å². The predicted octanol–water partition coefficient (Wildman–Crippen LogP) is 6.51. The van der Waals surface area contributed by atoms with Crippen molar-refractivity contribution in [2.75, 3.05) is 0 Å². The van der Waals surface area contributed by atoms with Crippen molar-refractivity contribution in [1.82, 2.24) is 4.98 Å². The van der Waals surface area contributed by atoms with Gasteiger partial charge in [-0.15, -0.1) is 0 Å². The summed E-state index contributed by atoms with van der Waals surface area (Å²) in [4.78, 5) is 20.4. The van der Waals surface area contributed by atoms with Crippen LogP contribution in [0.4, 0.5) is 5.69 Å². The maximum atomic E-state index is 11.3. The molecule has 0 saturated carbocycles. The van der Waals surface area contributed by atoms with E-state index in [0.29, 0.717) is 10.6 Å². The van der Waals surface area contributed by atoms with E-state index in [-0.39, 0.29) is 5.56 Å². The first kappa shape index (κ1) is 19.6. The van der Waals surface area contributed by atoms with Crippen LogP contribution in [0.3, 0.4) is 0 Å². The number of carbonyl (C=O) groups is 1. The van der Waals surface area contributed by atoms with Gasteiger partial charge in [-0.1, -0.05) is 60.1 Å². The number of aliphatic imine (C=N–C) groups is 1. The molecular formula is C25H17ClN2O2. The van der Waals surface area contributed by atoms with Crippen molar-refractivity contribution >= 4 is 52.5 Å². The van der Waals surface area contributed by atoms with Gasteiger partial charge in [-0.2, -0.15) is 0 Å². The average molecular weight is 413 g/mol. The largest absolute Gasteiger partial charge is 0.478 e. The lowest BCUT2D eigenvalue weighted by Crippen LogP contribution is -2.00. The summed E-state index contributed by atoms with van der Waals surface area (Å²) in [5, 5.41) is 11.0. The molecule has 0 fully saturated rings. The van der Waals surface area contributed by atoms with E-state index >= 15 is 0 Å². The molecule has 0 aliphatic carbocycles. The Morgan fingerprint density at radius 3 is 2.63 bits per heavy atom. The first-order chi connectivity index (χ1) is 14.6. The van der Waals surface area contributed by atoms with Crippen LogP contribution in [0.5, 0.6) is 0 Å². The third-order valence-corrected chi connectivity index (χ3v) is 4.77. The van der Waals surface area contributed by atoms with Gasteiger partial charge in [-0.05, 0) is 48.0 Å². The van der Waals surface area contributed by atoms with Crippen LogP contribution >= 0.6 is 11.6 Å². The third kappa shape index (κ3) is 4.62. The molecule has 4 rings (SSSR count). The van der Waals surface area contributed by atoms with E-state index in [4.69, 9.17) is 11.6 Å². The minimum absolute atomic E-state index is 0.222. The van der Waals surface area contributed by atoms with E-state index in [2.05, 4.69) is 9.98 Å². The Hall–Kier alpha value is -3.76. The SMILES string of the molecule is O=C(O)c1ccccc1/C=N/c1cccc(/C=C/c2ccc3ccc(Cl)cc3n2)c1. The molecule has 0 unspecified atom stereocenters. The van der Waals surface area contributed by atoms with Crippen molar-refractivity contribution in [3.05, 3.63) is 106 Å². The van der Waals surface area contributed by atoms with E-state index in [1.807, 2.05) is 66.7 Å². The summed E-state index contributed by atoms with van der Waals surface area (Å²) < 4.78 is 0. The maximum absolute atomic E-state index is 11.3. The van der Waals surface area contributed by atoms with Gasteiger partial charge in [0, 0.05) is 22.2 Å². The smallest absolute Gasteiger partial charge is 0.336 e. The third-order valence-electron chi connectivity index (χ3n) is 4.54. The highest BCUT2D eigenvalue weighted by atomic mass is 35.5. The minimum atomic E-state index is -0.974. The number of halogens is 1. The molecule has 3 aromatic carbocycles. The van der Waals surface area contributed by atoms with Gasteiger partial charge in [0.1, 0.15) is 0 Å². The fraction of sp³-hybridized carbons (Fsp3) is 0. The average Bonchev–Trinajstić information content (AvgIpc) is 2.76. The van der Waals surface area contributed by atoms with Gasteiger partial charge < -0.3 is 5.11 Å². The highest BCUT2D eigenvalue weighted by molar-refractivity contribution is 6.31. The second-order valence-corrected chi connectivity index (χ2v) is 7.09. The number of fused-ring (bicyclic) bond motifs is 1. The molecule has 1 N–H and O–H groups in total. The quantitative estimate of drug-likeness (QED) is 0.380. The van der Waals surface area contributed by atoms with Gasteiger partial charge in [-0.25, -0.2) is 9.78 Å². The van der Waals surface area contributed by atoms with Crippen LogP contribution in [0.2, 0.25) is 5.02 Å². The zero-order valence-electron chi connectivity index (χ0n) is 15.9. The summed E-state index contributed by atoms with van der Waals surface area (Å²) in [5.41, 5.74) is 4.15. The summed E-state index contributed by atoms with van der Waals surface area (Å²) >= 11 is 6.06. The highest BCUT2D eigenvalue weighted by Gasteiger charge is 2.06. The standard InChI is InChI=1S/C25H17ClN2O2/c26-20-11-9-18-10-13-21(28-24(18)15-20)12-8-17-4-3-6-22(14-17)27-16-19-5-1-2-7-23(19)25(29)30/h1-16H,(H,29,30)/b12-8+,27-16+. The summed E-state index contributed by atoms with van der Waals surface area (Å²) in [6, 6.07) is 24.1. The summed E-state index contributed by atoms with van der Waals surface area (Å²) in [6.07, 6.45) is 5.47. The van der Waals surface area contributed by atoms with E-state index in [1.54, 1.807) is 30.5 Å². The van der Waals surface area contributed by atoms with Gasteiger partial charge in [0.2, 0.25) is 0 Å². The lowest BCUT2D eigenvalue weighted by molar-refractivity contribution is 0.0697. The Morgan fingerprint density at radius 1 is 0.933 bits per heavy atom. The molecule has 0 radical (unpaired) electrons. The van der Waals surface area contributed by atoms with Crippen LogP contribution in [-0.2, 0) is 0 Å². The number of benzene rings is 3. The maximum Gasteiger partial charge on any atom is 0.336 e. The molecule has 1 heterocycles. The van der Waals surface area contributed by atoms with E-state index in [9.17, 15) is 9.90 Å². The molecule has 30 heavy (non-hydrogen) atoms. The second-order valence-electron chi connectivity index (χ2n) is 6.65. The molecule has 0 saturated heterocycles. The van der Waals surface area contributed by atoms with Gasteiger partial charge in [0.15, 0.2) is 0 Å². The minimum Gasteiger partial charge on any atom is -0.478 e. The molecule has 146 valence electrons. The molecule has 0 bridgehead atoms. The Kier molecular flexibility index (Phi) is 5.68. The zero-order valence-corrected chi connectivity index (χ0v) is 16.6. The Morgan fingerprint density at radius 2 is 1.77 bits per heavy atom. The number of hydrogen-bond donors (Lipinski definition) is 1. The van der Waals surface area contributed by atoms with Crippen molar-refractivity contribution in [3.63, 3.8) is 0 Å². The molecule has 0 aliphatic rings. The molecule has 0 spiro atoms.